The predicted octanol–water partition coefficient (Wildman–Crippen LogP) is 5.69. The van der Waals surface area contributed by atoms with Gasteiger partial charge in [-0.05, 0) is 35.1 Å². The van der Waals surface area contributed by atoms with Gasteiger partial charge < -0.3 is 0 Å². The summed E-state index contributed by atoms with van der Waals surface area (Å²) in [5, 5.41) is 0. The first-order valence-electron chi connectivity index (χ1n) is 5.17. The summed E-state index contributed by atoms with van der Waals surface area (Å²) >= 11 is 1.33. The minimum Gasteiger partial charge on any atom is -0.194 e. The molecule has 0 fully saturated rings. The van der Waals surface area contributed by atoms with Crippen LogP contribution < -0.4 is 0 Å². The normalized spacial score (nSPS) is 15.1. The van der Waals surface area contributed by atoms with E-state index >= 15 is 0 Å². The number of benzene rings is 1. The molecule has 0 saturated heterocycles. The molecule has 0 aliphatic carbocycles. The Morgan fingerprint density at radius 3 is 1.75 bits per heavy atom. The van der Waals surface area contributed by atoms with Gasteiger partial charge in [0, 0.05) is 9.15 Å². The molecule has 0 atom stereocenters. The Kier molecular flexibility index (Phi) is 4.77. The molecule has 0 radical (unpaired) electrons. The Hall–Kier alpha value is -0.800. The number of hydrogen-bond donors (Lipinski definition) is 0. The topological polar surface area (TPSA) is 0 Å². The predicted molar refractivity (Wildman–Crippen MR) is 69.0 cm³/mol. The molecule has 0 aliphatic rings. The van der Waals surface area contributed by atoms with Gasteiger partial charge in [0.1, 0.15) is 0 Å². The number of rotatable bonds is 3. The fourth-order valence-electron chi connectivity index (χ4n) is 1.35. The van der Waals surface area contributed by atoms with E-state index in [-0.39, 0.29) is 9.14 Å². The molecule has 1 rings (SSSR count). The van der Waals surface area contributed by atoms with Gasteiger partial charge in [-0.3, -0.25) is 0 Å². The largest absolute Gasteiger partial charge is 0.460 e. The SMILES string of the molecule is C/C(=C(\I)c1ccccc1)C(F)(F)C(F)(F)C(F)(F)F. The van der Waals surface area contributed by atoms with Crippen LogP contribution in [0.3, 0.4) is 0 Å². The molecule has 0 saturated carbocycles. The molecule has 0 nitrogen and oxygen atoms in total. The second kappa shape index (κ2) is 5.53. The summed E-state index contributed by atoms with van der Waals surface area (Å²) in [7, 11) is 0. The van der Waals surface area contributed by atoms with Crippen LogP contribution >= 0.6 is 22.6 Å². The fourth-order valence-corrected chi connectivity index (χ4v) is 2.05. The molecule has 1 aromatic carbocycles. The van der Waals surface area contributed by atoms with Crippen molar-refractivity contribution in [2.24, 2.45) is 0 Å². The fraction of sp³-hybridized carbons (Fsp3) is 0.333. The minimum absolute atomic E-state index is 0.142. The van der Waals surface area contributed by atoms with Crippen molar-refractivity contribution in [2.75, 3.05) is 0 Å². The highest BCUT2D eigenvalue weighted by molar-refractivity contribution is 14.1. The molecule has 1 aromatic rings. The van der Waals surface area contributed by atoms with Crippen LogP contribution in [0.5, 0.6) is 0 Å². The summed E-state index contributed by atoms with van der Waals surface area (Å²) in [4.78, 5) is 0. The van der Waals surface area contributed by atoms with E-state index in [0.717, 1.165) is 0 Å². The molecule has 0 amide bonds. The van der Waals surface area contributed by atoms with E-state index in [1.807, 2.05) is 0 Å². The zero-order valence-electron chi connectivity index (χ0n) is 9.91. The lowest BCUT2D eigenvalue weighted by atomic mass is 10.0. The molecule has 20 heavy (non-hydrogen) atoms. The first-order chi connectivity index (χ1) is 8.93. The van der Waals surface area contributed by atoms with Gasteiger partial charge in [-0.15, -0.1) is 0 Å². The molecule has 112 valence electrons. The quantitative estimate of drug-likeness (QED) is 0.443. The summed E-state index contributed by atoms with van der Waals surface area (Å²) in [5.41, 5.74) is -1.19. The molecule has 0 spiro atoms. The molecule has 0 aromatic heterocycles. The molecule has 8 heteroatoms. The Labute approximate surface area is 123 Å². The third kappa shape index (κ3) is 2.94. The van der Waals surface area contributed by atoms with Crippen LogP contribution in [0.1, 0.15) is 12.5 Å². The smallest absolute Gasteiger partial charge is 0.194 e. The van der Waals surface area contributed by atoms with Crippen molar-refractivity contribution in [2.45, 2.75) is 24.9 Å². The van der Waals surface area contributed by atoms with Crippen molar-refractivity contribution in [1.29, 1.82) is 0 Å². The van der Waals surface area contributed by atoms with Gasteiger partial charge in [0.05, 0.1) is 0 Å². The molecule has 0 aliphatic heterocycles. The lowest BCUT2D eigenvalue weighted by Crippen LogP contribution is -2.52. The molecule has 0 N–H and O–H groups in total. The maximum Gasteiger partial charge on any atom is 0.460 e. The van der Waals surface area contributed by atoms with Crippen LogP contribution in [-0.2, 0) is 0 Å². The summed E-state index contributed by atoms with van der Waals surface area (Å²) in [5.74, 6) is -11.5. The van der Waals surface area contributed by atoms with Gasteiger partial charge in [0.25, 0.3) is 0 Å². The second-order valence-corrected chi connectivity index (χ2v) is 5.03. The maximum atomic E-state index is 13.5. The van der Waals surface area contributed by atoms with Crippen molar-refractivity contribution < 1.29 is 30.7 Å². The molecule has 0 heterocycles. The minimum atomic E-state index is -6.33. The van der Waals surface area contributed by atoms with Crippen LogP contribution in [0.15, 0.2) is 35.9 Å². The average molecular weight is 412 g/mol. The van der Waals surface area contributed by atoms with Crippen LogP contribution in [0.25, 0.3) is 3.58 Å². The van der Waals surface area contributed by atoms with Crippen molar-refractivity contribution >= 4 is 26.2 Å². The Balaban J connectivity index is 3.35. The molecule has 0 bridgehead atoms. The van der Waals surface area contributed by atoms with Crippen LogP contribution in [-0.4, -0.2) is 18.0 Å². The molecular weight excluding hydrogens is 404 g/mol. The van der Waals surface area contributed by atoms with E-state index in [1.54, 1.807) is 6.07 Å². The van der Waals surface area contributed by atoms with E-state index in [2.05, 4.69) is 0 Å². The average Bonchev–Trinajstić information content (AvgIpc) is 2.36. The van der Waals surface area contributed by atoms with Gasteiger partial charge in [-0.1, -0.05) is 30.3 Å². The maximum absolute atomic E-state index is 13.5. The number of hydrogen-bond acceptors (Lipinski definition) is 0. The standard InChI is InChI=1S/C12H8F7I/c1-7(9(20)8-5-3-2-4-6-8)10(13,14)11(15,16)12(17,18)19/h2-6H,1H3/b9-7+. The van der Waals surface area contributed by atoms with E-state index in [0.29, 0.717) is 6.92 Å². The highest BCUT2D eigenvalue weighted by Gasteiger charge is 2.73. The number of halogens is 8. The zero-order chi connectivity index (χ0) is 15.8. The monoisotopic (exact) mass is 412 g/mol. The van der Waals surface area contributed by atoms with E-state index in [1.165, 1.54) is 46.9 Å². The summed E-state index contributed by atoms with van der Waals surface area (Å²) in [6, 6.07) is 7.16. The Morgan fingerprint density at radius 1 is 0.900 bits per heavy atom. The first-order valence-corrected chi connectivity index (χ1v) is 6.25. The van der Waals surface area contributed by atoms with Gasteiger partial charge >= 0.3 is 18.0 Å². The Morgan fingerprint density at radius 2 is 1.35 bits per heavy atom. The van der Waals surface area contributed by atoms with Gasteiger partial charge in [0.15, 0.2) is 0 Å². The van der Waals surface area contributed by atoms with Crippen molar-refractivity contribution in [3.8, 4) is 0 Å². The lowest BCUT2D eigenvalue weighted by Gasteiger charge is -2.29. The number of alkyl halides is 7. The van der Waals surface area contributed by atoms with Crippen molar-refractivity contribution in [1.82, 2.24) is 0 Å². The number of allylic oxidation sites excluding steroid dienone is 1. The second-order valence-electron chi connectivity index (χ2n) is 3.95. The van der Waals surface area contributed by atoms with E-state index in [9.17, 15) is 30.7 Å². The van der Waals surface area contributed by atoms with E-state index < -0.39 is 23.6 Å². The molecule has 0 unspecified atom stereocenters. The van der Waals surface area contributed by atoms with Crippen LogP contribution in [0, 0.1) is 0 Å². The summed E-state index contributed by atoms with van der Waals surface area (Å²) < 4.78 is 88.8. The van der Waals surface area contributed by atoms with Crippen LogP contribution in [0.4, 0.5) is 30.7 Å². The lowest BCUT2D eigenvalue weighted by molar-refractivity contribution is -0.344. The van der Waals surface area contributed by atoms with Gasteiger partial charge in [0.2, 0.25) is 0 Å². The van der Waals surface area contributed by atoms with E-state index in [4.69, 9.17) is 0 Å². The molecular formula is C12H8F7I. The Bertz CT molecular complexity index is 502. The van der Waals surface area contributed by atoms with Crippen molar-refractivity contribution in [3.63, 3.8) is 0 Å². The zero-order valence-corrected chi connectivity index (χ0v) is 12.1. The third-order valence-electron chi connectivity index (χ3n) is 2.58. The first kappa shape index (κ1) is 17.3. The summed E-state index contributed by atoms with van der Waals surface area (Å²) in [6.45, 7) is 0.564. The highest BCUT2D eigenvalue weighted by Crippen LogP contribution is 2.51. The highest BCUT2D eigenvalue weighted by atomic mass is 127. The van der Waals surface area contributed by atoms with Gasteiger partial charge in [-0.2, -0.15) is 30.7 Å². The van der Waals surface area contributed by atoms with Crippen molar-refractivity contribution in [3.05, 3.63) is 41.5 Å². The summed E-state index contributed by atoms with van der Waals surface area (Å²) in [6.07, 6.45) is -6.33. The third-order valence-corrected chi connectivity index (χ3v) is 4.01. The van der Waals surface area contributed by atoms with Gasteiger partial charge in [-0.25, -0.2) is 0 Å². The van der Waals surface area contributed by atoms with Crippen LogP contribution in [0.2, 0.25) is 0 Å².